The molecule has 0 bridgehead atoms. The molecule has 1 atom stereocenters. The maximum Gasteiger partial charge on any atom is 0.221 e. The van der Waals surface area contributed by atoms with Crippen LogP contribution in [0.3, 0.4) is 0 Å². The zero-order valence-corrected chi connectivity index (χ0v) is 11.2. The predicted octanol–water partition coefficient (Wildman–Crippen LogP) is 1.06. The first-order valence-corrected chi connectivity index (χ1v) is 7.15. The first kappa shape index (κ1) is 14.3. The summed E-state index contributed by atoms with van der Waals surface area (Å²) >= 11 is 2.85. The molecule has 6 heteroatoms. The maximum absolute atomic E-state index is 11.0. The van der Waals surface area contributed by atoms with Crippen LogP contribution >= 0.6 is 15.9 Å². The number of aliphatic hydroxyl groups is 1. The Hall–Kier alpha value is 0.350. The second kappa shape index (κ2) is 5.44. The lowest BCUT2D eigenvalue weighted by Gasteiger charge is -2.22. The van der Waals surface area contributed by atoms with Crippen molar-refractivity contribution in [2.24, 2.45) is 5.41 Å². The van der Waals surface area contributed by atoms with Crippen LogP contribution in [0.4, 0.5) is 0 Å². The van der Waals surface area contributed by atoms with Gasteiger partial charge in [0.25, 0.3) is 0 Å². The fourth-order valence-corrected chi connectivity index (χ4v) is 2.05. The molecule has 2 N–H and O–H groups in total. The molecule has 1 unspecified atom stereocenters. The summed E-state index contributed by atoms with van der Waals surface area (Å²) in [6.07, 6.45) is -0.0681. The standard InChI is InChI=1S/C8H18BrNO3S/c1-8(2,3)4-7(11)5-10-14(12,13)6-9/h7,10-11H,4-6H2,1-3H3. The van der Waals surface area contributed by atoms with Crippen molar-refractivity contribution in [1.82, 2.24) is 4.72 Å². The van der Waals surface area contributed by atoms with Gasteiger partial charge in [-0.25, -0.2) is 13.1 Å². The molecule has 0 aromatic rings. The van der Waals surface area contributed by atoms with Gasteiger partial charge in [-0.15, -0.1) is 0 Å². The fourth-order valence-electron chi connectivity index (χ4n) is 1.04. The van der Waals surface area contributed by atoms with Crippen LogP contribution in [0.2, 0.25) is 0 Å². The van der Waals surface area contributed by atoms with Gasteiger partial charge in [-0.05, 0) is 11.8 Å². The van der Waals surface area contributed by atoms with Crippen molar-refractivity contribution >= 4 is 26.0 Å². The van der Waals surface area contributed by atoms with Gasteiger partial charge < -0.3 is 5.11 Å². The van der Waals surface area contributed by atoms with Crippen molar-refractivity contribution in [2.75, 3.05) is 11.2 Å². The van der Waals surface area contributed by atoms with Crippen LogP contribution in [0, 0.1) is 5.41 Å². The van der Waals surface area contributed by atoms with E-state index in [1.165, 1.54) is 0 Å². The van der Waals surface area contributed by atoms with Crippen LogP contribution < -0.4 is 4.72 Å². The van der Waals surface area contributed by atoms with Crippen LogP contribution in [0.25, 0.3) is 0 Å². The van der Waals surface area contributed by atoms with Crippen LogP contribution in [0.5, 0.6) is 0 Å². The Morgan fingerprint density at radius 2 is 1.93 bits per heavy atom. The molecule has 86 valence electrons. The molecule has 0 aliphatic rings. The van der Waals surface area contributed by atoms with Crippen molar-refractivity contribution in [3.05, 3.63) is 0 Å². The first-order valence-electron chi connectivity index (χ1n) is 4.38. The highest BCUT2D eigenvalue weighted by Gasteiger charge is 2.18. The second-order valence-electron chi connectivity index (χ2n) is 4.49. The van der Waals surface area contributed by atoms with E-state index < -0.39 is 16.1 Å². The second-order valence-corrected chi connectivity index (χ2v) is 7.60. The van der Waals surface area contributed by atoms with Crippen LogP contribution in [0.15, 0.2) is 0 Å². The summed E-state index contributed by atoms with van der Waals surface area (Å²) in [6, 6.07) is 0. The molecule has 14 heavy (non-hydrogen) atoms. The normalized spacial score (nSPS) is 15.5. The lowest BCUT2D eigenvalue weighted by Crippen LogP contribution is -2.34. The number of nitrogens with one attached hydrogen (secondary N) is 1. The summed E-state index contributed by atoms with van der Waals surface area (Å²) in [4.78, 5) is 0. The van der Waals surface area contributed by atoms with Crippen molar-refractivity contribution in [1.29, 1.82) is 0 Å². The number of alkyl halides is 1. The van der Waals surface area contributed by atoms with Gasteiger partial charge >= 0.3 is 0 Å². The lowest BCUT2D eigenvalue weighted by molar-refractivity contribution is 0.125. The van der Waals surface area contributed by atoms with Gasteiger partial charge in [0.1, 0.15) is 4.66 Å². The van der Waals surface area contributed by atoms with E-state index in [4.69, 9.17) is 0 Å². The van der Waals surface area contributed by atoms with Gasteiger partial charge in [0, 0.05) is 6.54 Å². The summed E-state index contributed by atoms with van der Waals surface area (Å²) in [5.41, 5.74) is -0.000733. The molecule has 0 rings (SSSR count). The molecule has 0 aromatic carbocycles. The highest BCUT2D eigenvalue weighted by Crippen LogP contribution is 2.20. The van der Waals surface area contributed by atoms with Crippen LogP contribution in [-0.4, -0.2) is 30.8 Å². The molecular weight excluding hydrogens is 270 g/mol. The van der Waals surface area contributed by atoms with Crippen molar-refractivity contribution in [2.45, 2.75) is 33.3 Å². The number of hydrogen-bond donors (Lipinski definition) is 2. The van der Waals surface area contributed by atoms with E-state index in [9.17, 15) is 13.5 Å². The summed E-state index contributed by atoms with van der Waals surface area (Å²) in [5.74, 6) is 0. The predicted molar refractivity (Wildman–Crippen MR) is 60.8 cm³/mol. The SMILES string of the molecule is CC(C)(C)CC(O)CNS(=O)(=O)CBr. The minimum atomic E-state index is -3.26. The number of sulfonamides is 1. The van der Waals surface area contributed by atoms with Gasteiger partial charge in [0.15, 0.2) is 0 Å². The molecule has 0 spiro atoms. The number of halogens is 1. The third-order valence-corrected chi connectivity index (χ3v) is 4.23. The Kier molecular flexibility index (Phi) is 5.57. The molecule has 0 amide bonds. The van der Waals surface area contributed by atoms with Gasteiger partial charge in [-0.3, -0.25) is 0 Å². The van der Waals surface area contributed by atoms with Gasteiger partial charge in [0.05, 0.1) is 6.10 Å². The molecular formula is C8H18BrNO3S. The van der Waals surface area contributed by atoms with Gasteiger partial charge in [0.2, 0.25) is 10.0 Å². The van der Waals surface area contributed by atoms with E-state index in [1.54, 1.807) is 0 Å². The van der Waals surface area contributed by atoms with E-state index in [1.807, 2.05) is 20.8 Å². The van der Waals surface area contributed by atoms with Crippen LogP contribution in [-0.2, 0) is 10.0 Å². The molecule has 0 fully saturated rings. The summed E-state index contributed by atoms with van der Waals surface area (Å²) in [6.45, 7) is 6.06. The third kappa shape index (κ3) is 7.73. The Morgan fingerprint density at radius 3 is 2.29 bits per heavy atom. The smallest absolute Gasteiger partial charge is 0.221 e. The topological polar surface area (TPSA) is 66.4 Å². The fraction of sp³-hybridized carbons (Fsp3) is 1.00. The minimum Gasteiger partial charge on any atom is -0.392 e. The largest absolute Gasteiger partial charge is 0.392 e. The highest BCUT2D eigenvalue weighted by molar-refractivity contribution is 9.10. The Labute approximate surface area is 94.3 Å². The monoisotopic (exact) mass is 287 g/mol. The number of rotatable bonds is 5. The maximum atomic E-state index is 11.0. The summed E-state index contributed by atoms with van der Waals surface area (Å²) in [7, 11) is -3.26. The molecule has 0 aliphatic carbocycles. The Balaban J connectivity index is 3.93. The molecule has 0 aliphatic heterocycles. The molecule has 0 saturated heterocycles. The van der Waals surface area contributed by atoms with Crippen LogP contribution in [0.1, 0.15) is 27.2 Å². The summed E-state index contributed by atoms with van der Waals surface area (Å²) < 4.78 is 24.2. The van der Waals surface area contributed by atoms with Crippen molar-refractivity contribution < 1.29 is 13.5 Å². The highest BCUT2D eigenvalue weighted by atomic mass is 79.9. The molecule has 0 aromatic heterocycles. The molecule has 4 nitrogen and oxygen atoms in total. The number of hydrogen-bond acceptors (Lipinski definition) is 3. The first-order chi connectivity index (χ1) is 6.16. The number of aliphatic hydroxyl groups excluding tert-OH is 1. The van der Waals surface area contributed by atoms with Crippen molar-refractivity contribution in [3.63, 3.8) is 0 Å². The molecule has 0 radical (unpaired) electrons. The Bertz CT molecular complexity index is 258. The lowest BCUT2D eigenvalue weighted by atomic mass is 9.89. The zero-order valence-electron chi connectivity index (χ0n) is 8.75. The molecule has 0 heterocycles. The zero-order chi connectivity index (χ0) is 11.4. The van der Waals surface area contributed by atoms with Gasteiger partial charge in [-0.2, -0.15) is 0 Å². The van der Waals surface area contributed by atoms with E-state index in [-0.39, 0.29) is 16.6 Å². The van der Waals surface area contributed by atoms with E-state index >= 15 is 0 Å². The van der Waals surface area contributed by atoms with E-state index in [0.717, 1.165) is 0 Å². The van der Waals surface area contributed by atoms with Gasteiger partial charge in [-0.1, -0.05) is 36.7 Å². The average Bonchev–Trinajstić information content (AvgIpc) is 1.98. The minimum absolute atomic E-state index is 0.000733. The Morgan fingerprint density at radius 1 is 1.43 bits per heavy atom. The van der Waals surface area contributed by atoms with E-state index in [0.29, 0.717) is 6.42 Å². The van der Waals surface area contributed by atoms with E-state index in [2.05, 4.69) is 20.7 Å². The third-order valence-electron chi connectivity index (χ3n) is 1.53. The van der Waals surface area contributed by atoms with Crippen molar-refractivity contribution in [3.8, 4) is 0 Å². The quantitative estimate of drug-likeness (QED) is 0.743. The molecule has 0 saturated carbocycles. The summed E-state index contributed by atoms with van der Waals surface area (Å²) in [5, 5.41) is 9.50. The average molecular weight is 288 g/mol.